The average Bonchev–Trinajstić information content (AvgIpc) is 2.40. The van der Waals surface area contributed by atoms with Crippen LogP contribution in [0, 0.1) is 0 Å². The molecule has 0 heterocycles. The predicted octanol–water partition coefficient (Wildman–Crippen LogP) is 1.70. The zero-order valence-electron chi connectivity index (χ0n) is 10.5. The Bertz CT molecular complexity index is 391. The third kappa shape index (κ3) is 5.12. The van der Waals surface area contributed by atoms with Crippen LogP contribution in [0.1, 0.15) is 24.0 Å². The van der Waals surface area contributed by atoms with Crippen LogP contribution in [0.3, 0.4) is 0 Å². The Balaban J connectivity index is 2.48. The van der Waals surface area contributed by atoms with E-state index in [2.05, 4.69) is 12.0 Å². The number of carbonyl (C=O) groups excluding carboxylic acids is 1. The molecule has 0 saturated carbocycles. The molecule has 98 valence electrons. The molecule has 0 unspecified atom stereocenters. The van der Waals surface area contributed by atoms with Gasteiger partial charge in [0, 0.05) is 6.61 Å². The Kier molecular flexibility index (Phi) is 6.76. The van der Waals surface area contributed by atoms with Crippen molar-refractivity contribution in [3.05, 3.63) is 48.0 Å². The lowest BCUT2D eigenvalue weighted by Crippen LogP contribution is -2.31. The Morgan fingerprint density at radius 2 is 2.11 bits per heavy atom. The van der Waals surface area contributed by atoms with E-state index in [1.165, 1.54) is 0 Å². The summed E-state index contributed by atoms with van der Waals surface area (Å²) in [4.78, 5) is 11.3. The number of allylic oxidation sites excluding steroid dienone is 1. The lowest BCUT2D eigenvalue weighted by molar-refractivity contribution is -0.120. The maximum Gasteiger partial charge on any atom is 0.238 e. The van der Waals surface area contributed by atoms with Crippen LogP contribution in [0.2, 0.25) is 0 Å². The molecule has 4 nitrogen and oxygen atoms in total. The van der Waals surface area contributed by atoms with E-state index in [0.717, 1.165) is 24.0 Å². The zero-order valence-corrected chi connectivity index (χ0v) is 10.5. The highest BCUT2D eigenvalue weighted by atomic mass is 16.5. The van der Waals surface area contributed by atoms with Crippen LogP contribution in [0.15, 0.2) is 36.9 Å². The maximum absolute atomic E-state index is 11.3. The molecule has 18 heavy (non-hydrogen) atoms. The van der Waals surface area contributed by atoms with Crippen LogP contribution in [0.4, 0.5) is 0 Å². The SMILES string of the molecule is C=CCCCOCc1ccccc1CC(=O)NN. The molecule has 0 spiro atoms. The van der Waals surface area contributed by atoms with E-state index in [1.54, 1.807) is 0 Å². The molecule has 1 aromatic carbocycles. The number of nitrogens with one attached hydrogen (secondary N) is 1. The highest BCUT2D eigenvalue weighted by molar-refractivity contribution is 5.78. The number of hydrazine groups is 1. The van der Waals surface area contributed by atoms with Gasteiger partial charge in [-0.25, -0.2) is 5.84 Å². The summed E-state index contributed by atoms with van der Waals surface area (Å²) in [6, 6.07) is 7.72. The minimum atomic E-state index is -0.200. The summed E-state index contributed by atoms with van der Waals surface area (Å²) in [6.07, 6.45) is 4.08. The third-order valence-corrected chi connectivity index (χ3v) is 2.58. The fraction of sp³-hybridized carbons (Fsp3) is 0.357. The molecule has 0 saturated heterocycles. The van der Waals surface area contributed by atoms with Crippen LogP contribution in [-0.2, 0) is 22.6 Å². The van der Waals surface area contributed by atoms with Gasteiger partial charge in [-0.1, -0.05) is 30.3 Å². The first-order valence-electron chi connectivity index (χ1n) is 6.02. The van der Waals surface area contributed by atoms with Gasteiger partial charge in [-0.05, 0) is 24.0 Å². The van der Waals surface area contributed by atoms with Crippen LogP contribution in [0.25, 0.3) is 0 Å². The van der Waals surface area contributed by atoms with Gasteiger partial charge in [-0.15, -0.1) is 6.58 Å². The molecule has 3 N–H and O–H groups in total. The number of hydrogen-bond donors (Lipinski definition) is 2. The fourth-order valence-electron chi connectivity index (χ4n) is 1.61. The van der Waals surface area contributed by atoms with Crippen molar-refractivity contribution in [3.63, 3.8) is 0 Å². The molecule has 0 aliphatic heterocycles. The number of hydrogen-bond acceptors (Lipinski definition) is 3. The molecule has 1 amide bonds. The maximum atomic E-state index is 11.3. The van der Waals surface area contributed by atoms with Gasteiger partial charge in [0.05, 0.1) is 13.0 Å². The normalized spacial score (nSPS) is 10.1. The number of rotatable bonds is 8. The van der Waals surface area contributed by atoms with Crippen molar-refractivity contribution < 1.29 is 9.53 Å². The summed E-state index contributed by atoms with van der Waals surface area (Å²) >= 11 is 0. The first kappa shape index (κ1) is 14.4. The number of unbranched alkanes of at least 4 members (excludes halogenated alkanes) is 1. The van der Waals surface area contributed by atoms with Gasteiger partial charge >= 0.3 is 0 Å². The predicted molar refractivity (Wildman–Crippen MR) is 71.6 cm³/mol. The van der Waals surface area contributed by atoms with Crippen LogP contribution >= 0.6 is 0 Å². The van der Waals surface area contributed by atoms with Gasteiger partial charge < -0.3 is 4.74 Å². The Labute approximate surface area is 108 Å². The highest BCUT2D eigenvalue weighted by Gasteiger charge is 2.06. The average molecular weight is 248 g/mol. The second-order valence-electron chi connectivity index (χ2n) is 4.00. The fourth-order valence-corrected chi connectivity index (χ4v) is 1.61. The van der Waals surface area contributed by atoms with E-state index in [1.807, 2.05) is 30.3 Å². The van der Waals surface area contributed by atoms with Gasteiger partial charge in [-0.2, -0.15) is 0 Å². The number of nitrogens with two attached hydrogens (primary N) is 1. The van der Waals surface area contributed by atoms with E-state index < -0.39 is 0 Å². The molecular formula is C14H20N2O2. The zero-order chi connectivity index (χ0) is 13.2. The van der Waals surface area contributed by atoms with E-state index in [9.17, 15) is 4.79 Å². The number of benzene rings is 1. The van der Waals surface area contributed by atoms with Crippen molar-refractivity contribution in [1.29, 1.82) is 0 Å². The molecule has 1 rings (SSSR count). The van der Waals surface area contributed by atoms with Gasteiger partial charge in [-0.3, -0.25) is 10.2 Å². The second kappa shape index (κ2) is 8.44. The molecule has 0 atom stereocenters. The first-order valence-corrected chi connectivity index (χ1v) is 6.02. The summed E-state index contributed by atoms with van der Waals surface area (Å²) in [5.74, 6) is 4.88. The highest BCUT2D eigenvalue weighted by Crippen LogP contribution is 2.11. The van der Waals surface area contributed by atoms with Crippen molar-refractivity contribution in [2.75, 3.05) is 6.61 Å². The van der Waals surface area contributed by atoms with Crippen LogP contribution in [0.5, 0.6) is 0 Å². The lowest BCUT2D eigenvalue weighted by atomic mass is 10.1. The molecule has 0 bridgehead atoms. The standard InChI is InChI=1S/C14H20N2O2/c1-2-3-6-9-18-11-13-8-5-4-7-12(13)10-14(17)16-15/h2,4-5,7-8H,1,3,6,9-11,15H2,(H,16,17). The Morgan fingerprint density at radius 3 is 2.78 bits per heavy atom. The van der Waals surface area contributed by atoms with Crippen molar-refractivity contribution >= 4 is 5.91 Å². The minimum Gasteiger partial charge on any atom is -0.377 e. The molecule has 1 aromatic rings. The van der Waals surface area contributed by atoms with E-state index in [4.69, 9.17) is 10.6 Å². The van der Waals surface area contributed by atoms with Gasteiger partial charge in [0.25, 0.3) is 0 Å². The van der Waals surface area contributed by atoms with Crippen LogP contribution < -0.4 is 11.3 Å². The quantitative estimate of drug-likeness (QED) is 0.242. The van der Waals surface area contributed by atoms with E-state index in [-0.39, 0.29) is 12.3 Å². The van der Waals surface area contributed by atoms with Gasteiger partial charge in [0.15, 0.2) is 0 Å². The molecular weight excluding hydrogens is 228 g/mol. The van der Waals surface area contributed by atoms with Crippen molar-refractivity contribution in [1.82, 2.24) is 5.43 Å². The second-order valence-corrected chi connectivity index (χ2v) is 4.00. The molecule has 0 aromatic heterocycles. The van der Waals surface area contributed by atoms with Gasteiger partial charge in [0.1, 0.15) is 0 Å². The summed E-state index contributed by atoms with van der Waals surface area (Å²) in [7, 11) is 0. The summed E-state index contributed by atoms with van der Waals surface area (Å²) < 4.78 is 5.57. The molecule has 0 radical (unpaired) electrons. The smallest absolute Gasteiger partial charge is 0.238 e. The van der Waals surface area contributed by atoms with E-state index >= 15 is 0 Å². The topological polar surface area (TPSA) is 64.3 Å². The Hall–Kier alpha value is -1.65. The first-order chi connectivity index (χ1) is 8.77. The summed E-state index contributed by atoms with van der Waals surface area (Å²) in [5, 5.41) is 0. The van der Waals surface area contributed by atoms with Crippen molar-refractivity contribution in [3.8, 4) is 0 Å². The largest absolute Gasteiger partial charge is 0.377 e. The Morgan fingerprint density at radius 1 is 1.39 bits per heavy atom. The van der Waals surface area contributed by atoms with E-state index in [0.29, 0.717) is 13.2 Å². The molecule has 4 heteroatoms. The minimum absolute atomic E-state index is 0.200. The van der Waals surface area contributed by atoms with Crippen LogP contribution in [-0.4, -0.2) is 12.5 Å². The summed E-state index contributed by atoms with van der Waals surface area (Å²) in [5.41, 5.74) is 4.11. The van der Waals surface area contributed by atoms with Crippen molar-refractivity contribution in [2.24, 2.45) is 5.84 Å². The number of carbonyl (C=O) groups is 1. The molecule has 0 fully saturated rings. The molecule has 0 aliphatic carbocycles. The summed E-state index contributed by atoms with van der Waals surface area (Å²) in [6.45, 7) is 4.88. The van der Waals surface area contributed by atoms with Gasteiger partial charge in [0.2, 0.25) is 5.91 Å². The monoisotopic (exact) mass is 248 g/mol. The van der Waals surface area contributed by atoms with Crippen molar-refractivity contribution in [2.45, 2.75) is 25.9 Å². The molecule has 0 aliphatic rings. The third-order valence-electron chi connectivity index (χ3n) is 2.58. The lowest BCUT2D eigenvalue weighted by Gasteiger charge is -2.09. The number of ether oxygens (including phenoxy) is 1. The number of amides is 1.